The van der Waals surface area contributed by atoms with Crippen molar-refractivity contribution in [2.45, 2.75) is 43.0 Å². The highest BCUT2D eigenvalue weighted by atomic mass is 32.2. The van der Waals surface area contributed by atoms with Crippen LogP contribution in [0.25, 0.3) is 0 Å². The normalized spacial score (nSPS) is 27.3. The number of anilines is 1. The monoisotopic (exact) mass is 409 g/mol. The Kier molecular flexibility index (Phi) is 4.71. The molecule has 0 radical (unpaired) electrons. The Morgan fingerprint density at radius 3 is 2.76 bits per heavy atom. The van der Waals surface area contributed by atoms with Gasteiger partial charge in [0.2, 0.25) is 10.0 Å². The Labute approximate surface area is 172 Å². The van der Waals surface area contributed by atoms with Gasteiger partial charge in [0.15, 0.2) is 0 Å². The minimum Gasteiger partial charge on any atom is -0.378 e. The number of hydrogen-bond acceptors (Lipinski definition) is 4. The highest BCUT2D eigenvalue weighted by molar-refractivity contribution is 7.89. The number of nitrogens with one attached hydrogen (secondary N) is 1. The minimum absolute atomic E-state index is 0.183. The zero-order chi connectivity index (χ0) is 20.0. The number of piperidine rings is 1. The molecule has 1 fully saturated rings. The third kappa shape index (κ3) is 3.28. The smallest absolute Gasteiger partial charge is 0.243 e. The molecule has 152 valence electrons. The Hall–Kier alpha value is -2.18. The summed E-state index contributed by atoms with van der Waals surface area (Å²) in [6, 6.07) is 9.88. The zero-order valence-electron chi connectivity index (χ0n) is 16.7. The van der Waals surface area contributed by atoms with E-state index < -0.39 is 10.0 Å². The second-order valence-corrected chi connectivity index (χ2v) is 10.5. The van der Waals surface area contributed by atoms with Gasteiger partial charge in [0.05, 0.1) is 10.9 Å². The maximum absolute atomic E-state index is 13.2. The molecule has 5 nitrogen and oxygen atoms in total. The number of aromatic nitrogens is 1. The molecule has 2 aliphatic heterocycles. The first kappa shape index (κ1) is 18.8. The number of rotatable bonds is 3. The van der Waals surface area contributed by atoms with Crippen LogP contribution in [0.3, 0.4) is 0 Å². The van der Waals surface area contributed by atoms with Gasteiger partial charge in [-0.25, -0.2) is 8.42 Å². The van der Waals surface area contributed by atoms with E-state index in [2.05, 4.69) is 35.4 Å². The molecule has 2 aromatic rings. The molecule has 3 unspecified atom stereocenters. The molecule has 0 spiro atoms. The lowest BCUT2D eigenvalue weighted by atomic mass is 9.77. The van der Waals surface area contributed by atoms with Crippen LogP contribution < -0.4 is 5.32 Å². The van der Waals surface area contributed by atoms with E-state index in [0.29, 0.717) is 29.8 Å². The first-order valence-corrected chi connectivity index (χ1v) is 12.0. The predicted octanol–water partition coefficient (Wildman–Crippen LogP) is 4.33. The summed E-state index contributed by atoms with van der Waals surface area (Å²) in [7, 11) is -3.44. The highest BCUT2D eigenvalue weighted by Crippen LogP contribution is 2.50. The molecule has 0 saturated carbocycles. The lowest BCUT2D eigenvalue weighted by Crippen LogP contribution is -2.38. The number of sulfonamides is 1. The molecule has 1 aliphatic carbocycles. The molecule has 29 heavy (non-hydrogen) atoms. The van der Waals surface area contributed by atoms with Crippen molar-refractivity contribution in [1.82, 2.24) is 9.29 Å². The van der Waals surface area contributed by atoms with Crippen LogP contribution in [0.2, 0.25) is 0 Å². The van der Waals surface area contributed by atoms with Crippen molar-refractivity contribution in [3.8, 4) is 0 Å². The molecule has 0 bridgehead atoms. The quantitative estimate of drug-likeness (QED) is 0.767. The average molecular weight is 410 g/mol. The van der Waals surface area contributed by atoms with Crippen LogP contribution in [0.15, 0.2) is 59.8 Å². The standard InChI is InChI=1S/C23H27N3O2S/c1-16-9-12-26(13-10-16)29(27,28)18-7-8-22-21(14-18)19-5-2-6-20(19)23(25-22)17-4-3-11-24-15-17/h2-5,7-8,11,14-16,19-20,23,25H,6,9-10,12-13H2,1H3. The predicted molar refractivity (Wildman–Crippen MR) is 114 cm³/mol. The molecule has 0 amide bonds. The molecule has 5 rings (SSSR count). The van der Waals surface area contributed by atoms with E-state index in [0.717, 1.165) is 30.5 Å². The Morgan fingerprint density at radius 2 is 2.00 bits per heavy atom. The zero-order valence-corrected chi connectivity index (χ0v) is 17.5. The third-order valence-corrected chi connectivity index (χ3v) is 8.65. The van der Waals surface area contributed by atoms with Crippen molar-refractivity contribution in [2.75, 3.05) is 18.4 Å². The maximum atomic E-state index is 13.2. The van der Waals surface area contributed by atoms with Crippen molar-refractivity contribution < 1.29 is 8.42 Å². The van der Waals surface area contributed by atoms with Gasteiger partial charge in [0.1, 0.15) is 0 Å². The summed E-state index contributed by atoms with van der Waals surface area (Å²) >= 11 is 0. The van der Waals surface area contributed by atoms with E-state index in [1.807, 2.05) is 24.4 Å². The van der Waals surface area contributed by atoms with Gasteiger partial charge in [-0.05, 0) is 66.5 Å². The van der Waals surface area contributed by atoms with E-state index in [1.165, 1.54) is 5.56 Å². The maximum Gasteiger partial charge on any atom is 0.243 e. The van der Waals surface area contributed by atoms with Crippen molar-refractivity contribution in [3.05, 3.63) is 66.0 Å². The van der Waals surface area contributed by atoms with Crippen molar-refractivity contribution in [1.29, 1.82) is 0 Å². The number of allylic oxidation sites excluding steroid dienone is 2. The largest absolute Gasteiger partial charge is 0.378 e. The number of nitrogens with zero attached hydrogens (tertiary/aromatic N) is 2. The van der Waals surface area contributed by atoms with Gasteiger partial charge >= 0.3 is 0 Å². The molecular weight excluding hydrogens is 382 g/mol. The van der Waals surface area contributed by atoms with Gasteiger partial charge < -0.3 is 5.32 Å². The topological polar surface area (TPSA) is 62.3 Å². The van der Waals surface area contributed by atoms with Crippen LogP contribution in [0.4, 0.5) is 5.69 Å². The third-order valence-electron chi connectivity index (χ3n) is 6.76. The summed E-state index contributed by atoms with van der Waals surface area (Å²) in [6.45, 7) is 3.43. The van der Waals surface area contributed by atoms with E-state index in [4.69, 9.17) is 0 Å². The molecule has 1 aromatic carbocycles. The first-order chi connectivity index (χ1) is 14.0. The lowest BCUT2D eigenvalue weighted by Gasteiger charge is -2.37. The van der Waals surface area contributed by atoms with Gasteiger partial charge in [-0.3, -0.25) is 4.98 Å². The summed E-state index contributed by atoms with van der Waals surface area (Å²) in [5.74, 6) is 1.21. The average Bonchev–Trinajstić information content (AvgIpc) is 3.24. The fourth-order valence-corrected chi connectivity index (χ4v) is 6.50. The van der Waals surface area contributed by atoms with Gasteiger partial charge in [0.25, 0.3) is 0 Å². The summed E-state index contributed by atoms with van der Waals surface area (Å²) in [4.78, 5) is 4.71. The van der Waals surface area contributed by atoms with Crippen molar-refractivity contribution >= 4 is 15.7 Å². The Balaban J connectivity index is 1.49. The van der Waals surface area contributed by atoms with E-state index >= 15 is 0 Å². The van der Waals surface area contributed by atoms with Gasteiger partial charge in [-0.1, -0.05) is 25.1 Å². The second-order valence-electron chi connectivity index (χ2n) is 8.60. The summed E-state index contributed by atoms with van der Waals surface area (Å²) < 4.78 is 28.1. The number of pyridine rings is 1. The van der Waals surface area contributed by atoms with Crippen molar-refractivity contribution in [2.24, 2.45) is 11.8 Å². The van der Waals surface area contributed by atoms with Gasteiger partial charge in [0, 0.05) is 37.1 Å². The molecule has 6 heteroatoms. The van der Waals surface area contributed by atoms with Crippen LogP contribution in [0.1, 0.15) is 49.3 Å². The molecule has 1 aromatic heterocycles. The van der Waals surface area contributed by atoms with Crippen LogP contribution in [-0.4, -0.2) is 30.8 Å². The van der Waals surface area contributed by atoms with E-state index in [1.54, 1.807) is 16.6 Å². The molecule has 1 saturated heterocycles. The number of hydrogen-bond donors (Lipinski definition) is 1. The van der Waals surface area contributed by atoms with Gasteiger partial charge in [-0.2, -0.15) is 4.31 Å². The summed E-state index contributed by atoms with van der Waals surface area (Å²) in [6.07, 6.45) is 11.0. The lowest BCUT2D eigenvalue weighted by molar-refractivity contribution is 0.288. The highest BCUT2D eigenvalue weighted by Gasteiger charge is 2.39. The minimum atomic E-state index is -3.44. The van der Waals surface area contributed by atoms with Crippen molar-refractivity contribution in [3.63, 3.8) is 0 Å². The summed E-state index contributed by atoms with van der Waals surface area (Å²) in [5.41, 5.74) is 3.30. The Morgan fingerprint density at radius 1 is 1.17 bits per heavy atom. The fraction of sp³-hybridized carbons (Fsp3) is 0.435. The molecule has 1 N–H and O–H groups in total. The summed E-state index contributed by atoms with van der Waals surface area (Å²) in [5, 5.41) is 3.66. The van der Waals surface area contributed by atoms with E-state index in [9.17, 15) is 8.42 Å². The van der Waals surface area contributed by atoms with Crippen LogP contribution in [0, 0.1) is 11.8 Å². The fourth-order valence-electron chi connectivity index (χ4n) is 5.00. The van der Waals surface area contributed by atoms with Crippen LogP contribution >= 0.6 is 0 Å². The van der Waals surface area contributed by atoms with Gasteiger partial charge in [-0.15, -0.1) is 0 Å². The number of fused-ring (bicyclic) bond motifs is 3. The molecule has 3 heterocycles. The van der Waals surface area contributed by atoms with Crippen LogP contribution in [-0.2, 0) is 10.0 Å². The Bertz CT molecular complexity index is 1030. The SMILES string of the molecule is CC1CCN(S(=O)(=O)c2ccc3c(c2)C2C=CCC2C(c2cccnc2)N3)CC1. The second kappa shape index (κ2) is 7.26. The van der Waals surface area contributed by atoms with E-state index in [-0.39, 0.29) is 12.0 Å². The van der Waals surface area contributed by atoms with Crippen LogP contribution in [0.5, 0.6) is 0 Å². The molecule has 3 atom stereocenters. The molecular formula is C23H27N3O2S. The molecule has 3 aliphatic rings. The number of benzene rings is 1. The first-order valence-electron chi connectivity index (χ1n) is 10.5.